The van der Waals surface area contributed by atoms with Crippen molar-refractivity contribution in [2.45, 2.75) is 25.1 Å². The van der Waals surface area contributed by atoms with Gasteiger partial charge >= 0.3 is 0 Å². The van der Waals surface area contributed by atoms with Crippen LogP contribution in [0.1, 0.15) is 19.4 Å². The van der Waals surface area contributed by atoms with Crippen molar-refractivity contribution in [2.75, 3.05) is 12.3 Å². The average molecular weight is 363 g/mol. The van der Waals surface area contributed by atoms with E-state index in [0.717, 1.165) is 4.47 Å². The lowest BCUT2D eigenvalue weighted by molar-refractivity contribution is -0.120. The number of halogens is 1. The van der Waals surface area contributed by atoms with Gasteiger partial charge in [-0.05, 0) is 31.5 Å². The van der Waals surface area contributed by atoms with Crippen molar-refractivity contribution in [2.24, 2.45) is 5.73 Å². The molecule has 1 rings (SSSR count). The normalized spacial score (nSPS) is 12.2. The lowest BCUT2D eigenvalue weighted by atomic mass is 10.1. The molecule has 7 heteroatoms. The van der Waals surface area contributed by atoms with E-state index in [1.807, 2.05) is 0 Å². The van der Waals surface area contributed by atoms with Crippen LogP contribution in [0.4, 0.5) is 0 Å². The van der Waals surface area contributed by atoms with Crippen molar-refractivity contribution in [1.29, 1.82) is 0 Å². The maximum Gasteiger partial charge on any atom is 0.235 e. The molecule has 0 atom stereocenters. The van der Waals surface area contributed by atoms with Gasteiger partial charge in [0.1, 0.15) is 5.75 Å². The van der Waals surface area contributed by atoms with Gasteiger partial charge in [-0.15, -0.1) is 0 Å². The fourth-order valence-corrected chi connectivity index (χ4v) is 3.09. The van der Waals surface area contributed by atoms with Crippen LogP contribution >= 0.6 is 15.9 Å². The molecule has 0 fully saturated rings. The highest BCUT2D eigenvalue weighted by atomic mass is 79.9. The second-order valence-corrected chi connectivity index (χ2v) is 8.28. The molecule has 1 aromatic rings. The largest absolute Gasteiger partial charge is 0.349 e. The maximum absolute atomic E-state index is 12.0. The van der Waals surface area contributed by atoms with Gasteiger partial charge in [0.25, 0.3) is 0 Å². The topological polar surface area (TPSA) is 89.3 Å². The summed E-state index contributed by atoms with van der Waals surface area (Å²) in [4.78, 5) is 11.7. The van der Waals surface area contributed by atoms with Crippen molar-refractivity contribution in [1.82, 2.24) is 5.32 Å². The molecule has 0 aromatic heterocycles. The first kappa shape index (κ1) is 17.1. The minimum Gasteiger partial charge on any atom is -0.349 e. The second kappa shape index (κ2) is 6.69. The van der Waals surface area contributed by atoms with Crippen molar-refractivity contribution in [3.8, 4) is 0 Å². The van der Waals surface area contributed by atoms with Crippen molar-refractivity contribution < 1.29 is 13.2 Å². The molecule has 5 nitrogen and oxygen atoms in total. The van der Waals surface area contributed by atoms with Gasteiger partial charge in [0.2, 0.25) is 5.91 Å². The lowest BCUT2D eigenvalue weighted by Crippen LogP contribution is -2.50. The zero-order valence-electron chi connectivity index (χ0n) is 11.5. The van der Waals surface area contributed by atoms with E-state index in [4.69, 9.17) is 5.73 Å². The zero-order chi connectivity index (χ0) is 15.4. The van der Waals surface area contributed by atoms with E-state index in [-0.39, 0.29) is 12.3 Å². The molecular weight excluding hydrogens is 344 g/mol. The minimum absolute atomic E-state index is 0.156. The van der Waals surface area contributed by atoms with Gasteiger partial charge in [-0.1, -0.05) is 28.1 Å². The molecule has 0 bridgehead atoms. The number of hydrogen-bond donors (Lipinski definition) is 2. The number of hydrogen-bond acceptors (Lipinski definition) is 4. The smallest absolute Gasteiger partial charge is 0.235 e. The van der Waals surface area contributed by atoms with Crippen LogP contribution < -0.4 is 11.1 Å². The molecule has 0 heterocycles. The number of nitrogens with one attached hydrogen (secondary N) is 1. The molecule has 0 unspecified atom stereocenters. The van der Waals surface area contributed by atoms with E-state index in [1.165, 1.54) is 0 Å². The second-order valence-electron chi connectivity index (χ2n) is 5.29. The Morgan fingerprint density at radius 2 is 1.85 bits per heavy atom. The van der Waals surface area contributed by atoms with Gasteiger partial charge in [-0.25, -0.2) is 8.42 Å². The number of carbonyl (C=O) groups excluding carboxylic acids is 1. The third-order valence-corrected chi connectivity index (χ3v) is 4.64. The Labute approximate surface area is 128 Å². The molecule has 20 heavy (non-hydrogen) atoms. The first-order valence-electron chi connectivity index (χ1n) is 6.09. The van der Waals surface area contributed by atoms with Crippen LogP contribution in [0.5, 0.6) is 0 Å². The van der Waals surface area contributed by atoms with E-state index in [1.54, 1.807) is 38.1 Å². The average Bonchev–Trinajstić information content (AvgIpc) is 2.30. The summed E-state index contributed by atoms with van der Waals surface area (Å²) >= 11 is 3.28. The molecular formula is C13H19BrN2O3S. The Bertz CT molecular complexity index is 568. The number of sulfone groups is 1. The van der Waals surface area contributed by atoms with E-state index in [9.17, 15) is 13.2 Å². The first-order chi connectivity index (χ1) is 9.13. The fraction of sp³-hybridized carbons (Fsp3) is 0.462. The number of nitrogens with two attached hydrogens (primary N) is 1. The van der Waals surface area contributed by atoms with Crippen molar-refractivity contribution >= 4 is 31.7 Å². The summed E-state index contributed by atoms with van der Waals surface area (Å²) in [6.07, 6.45) is 0. The Morgan fingerprint density at radius 3 is 2.35 bits per heavy atom. The summed E-state index contributed by atoms with van der Waals surface area (Å²) in [6.45, 7) is 3.73. The third-order valence-electron chi connectivity index (χ3n) is 2.64. The SMILES string of the molecule is CC(C)(CN)NC(=O)CS(=O)(=O)Cc1ccc(Br)cc1. The predicted molar refractivity (Wildman–Crippen MR) is 82.9 cm³/mol. The van der Waals surface area contributed by atoms with Crippen LogP contribution in [-0.4, -0.2) is 32.2 Å². The van der Waals surface area contributed by atoms with Gasteiger partial charge in [-0.3, -0.25) is 4.79 Å². The maximum atomic E-state index is 12.0. The summed E-state index contributed by atoms with van der Waals surface area (Å²) in [6, 6.07) is 6.96. The van der Waals surface area contributed by atoms with Gasteiger partial charge in [0.15, 0.2) is 9.84 Å². The number of benzene rings is 1. The van der Waals surface area contributed by atoms with Gasteiger partial charge in [0, 0.05) is 16.6 Å². The quantitative estimate of drug-likeness (QED) is 0.795. The molecule has 0 aliphatic heterocycles. The fourth-order valence-electron chi connectivity index (χ4n) is 1.55. The Morgan fingerprint density at radius 1 is 1.30 bits per heavy atom. The Balaban J connectivity index is 2.66. The van der Waals surface area contributed by atoms with Crippen LogP contribution in [0.15, 0.2) is 28.7 Å². The van der Waals surface area contributed by atoms with Crippen LogP contribution in [0.2, 0.25) is 0 Å². The molecule has 0 spiro atoms. The van der Waals surface area contributed by atoms with Gasteiger partial charge in [-0.2, -0.15) is 0 Å². The summed E-state index contributed by atoms with van der Waals surface area (Å²) < 4.78 is 24.8. The van der Waals surface area contributed by atoms with E-state index in [2.05, 4.69) is 21.2 Å². The van der Waals surface area contributed by atoms with Crippen molar-refractivity contribution in [3.63, 3.8) is 0 Å². The summed E-state index contributed by atoms with van der Waals surface area (Å²) in [5.74, 6) is -1.22. The highest BCUT2D eigenvalue weighted by Crippen LogP contribution is 2.13. The summed E-state index contributed by atoms with van der Waals surface area (Å²) in [5, 5.41) is 2.61. The predicted octanol–water partition coefficient (Wildman–Crippen LogP) is 1.22. The molecule has 0 aliphatic rings. The molecule has 0 saturated heterocycles. The highest BCUT2D eigenvalue weighted by molar-refractivity contribution is 9.10. The zero-order valence-corrected chi connectivity index (χ0v) is 13.9. The molecule has 1 amide bonds. The molecule has 1 aromatic carbocycles. The number of rotatable bonds is 6. The van der Waals surface area contributed by atoms with Crippen LogP contribution in [0.25, 0.3) is 0 Å². The molecule has 0 saturated carbocycles. The van der Waals surface area contributed by atoms with Crippen LogP contribution in [0.3, 0.4) is 0 Å². The summed E-state index contributed by atoms with van der Waals surface area (Å²) in [7, 11) is -3.50. The van der Waals surface area contributed by atoms with E-state index in [0.29, 0.717) is 5.56 Å². The third kappa shape index (κ3) is 6.02. The van der Waals surface area contributed by atoms with E-state index >= 15 is 0 Å². The van der Waals surface area contributed by atoms with Crippen molar-refractivity contribution in [3.05, 3.63) is 34.3 Å². The van der Waals surface area contributed by atoms with E-state index < -0.39 is 27.0 Å². The molecule has 0 aliphatic carbocycles. The van der Waals surface area contributed by atoms with Crippen LogP contribution in [0, 0.1) is 0 Å². The molecule has 112 valence electrons. The van der Waals surface area contributed by atoms with Gasteiger partial charge in [0.05, 0.1) is 5.75 Å². The number of amides is 1. The molecule has 0 radical (unpaired) electrons. The number of carbonyl (C=O) groups is 1. The summed E-state index contributed by atoms with van der Waals surface area (Å²) in [5.41, 5.74) is 5.53. The lowest BCUT2D eigenvalue weighted by Gasteiger charge is -2.24. The standard InChI is InChI=1S/C13H19BrN2O3S/c1-13(2,9-15)16-12(17)8-20(18,19)7-10-3-5-11(14)6-4-10/h3-6H,7-9,15H2,1-2H3,(H,16,17). The Hall–Kier alpha value is -0.920. The Kier molecular flexibility index (Phi) is 5.73. The van der Waals surface area contributed by atoms with Crippen LogP contribution in [-0.2, 0) is 20.4 Å². The molecule has 3 N–H and O–H groups in total. The first-order valence-corrected chi connectivity index (χ1v) is 8.71. The highest BCUT2D eigenvalue weighted by Gasteiger charge is 2.23. The van der Waals surface area contributed by atoms with Gasteiger partial charge < -0.3 is 11.1 Å². The minimum atomic E-state index is -3.50. The monoisotopic (exact) mass is 362 g/mol.